The van der Waals surface area contributed by atoms with Crippen LogP contribution in [0.2, 0.25) is 0 Å². The Hall–Kier alpha value is -0.680. The van der Waals surface area contributed by atoms with Crippen molar-refractivity contribution in [3.05, 3.63) is 24.3 Å². The molecule has 0 radical (unpaired) electrons. The second-order valence-corrected chi connectivity index (χ2v) is 2.91. The fraction of sp³-hybridized carbons (Fsp3) is 0.333. The zero-order valence-corrected chi connectivity index (χ0v) is 9.64. The summed E-state index contributed by atoms with van der Waals surface area (Å²) in [5.41, 5.74) is 2.56. The van der Waals surface area contributed by atoms with Gasteiger partial charge < -0.3 is 9.47 Å². The molecule has 86 valence electrons. The van der Waals surface area contributed by atoms with Crippen LogP contribution >= 0.6 is 24.8 Å². The summed E-state index contributed by atoms with van der Waals surface area (Å²) in [7, 11) is 0. The number of hydrazine groups is 1. The third-order valence-electron chi connectivity index (χ3n) is 1.91. The van der Waals surface area contributed by atoms with Gasteiger partial charge in [-0.25, -0.2) is 0 Å². The Labute approximate surface area is 101 Å². The first-order valence-electron chi connectivity index (χ1n) is 4.22. The van der Waals surface area contributed by atoms with E-state index < -0.39 is 0 Å². The van der Waals surface area contributed by atoms with Gasteiger partial charge in [0.2, 0.25) is 0 Å². The van der Waals surface area contributed by atoms with Crippen LogP contribution in [0.4, 0.5) is 0 Å². The molecule has 0 fully saturated rings. The fourth-order valence-corrected chi connectivity index (χ4v) is 1.30. The van der Waals surface area contributed by atoms with Crippen LogP contribution in [0.3, 0.4) is 0 Å². The van der Waals surface area contributed by atoms with Gasteiger partial charge in [0.1, 0.15) is 12.7 Å². The van der Waals surface area contributed by atoms with Gasteiger partial charge in [-0.1, -0.05) is 12.1 Å². The third kappa shape index (κ3) is 3.43. The molecule has 0 amide bonds. The lowest BCUT2D eigenvalue weighted by Crippen LogP contribution is -2.41. The van der Waals surface area contributed by atoms with Crippen molar-refractivity contribution in [2.75, 3.05) is 13.2 Å². The quantitative estimate of drug-likeness (QED) is 0.613. The molecule has 0 spiro atoms. The molecule has 0 saturated carbocycles. The summed E-state index contributed by atoms with van der Waals surface area (Å²) in [5, 5.41) is 0. The minimum atomic E-state index is -0.0000926. The van der Waals surface area contributed by atoms with Gasteiger partial charge >= 0.3 is 0 Å². The van der Waals surface area contributed by atoms with Crippen LogP contribution in [0.25, 0.3) is 0 Å². The van der Waals surface area contributed by atoms with Crippen molar-refractivity contribution in [3.8, 4) is 11.5 Å². The molecule has 0 aliphatic carbocycles. The lowest BCUT2D eigenvalue weighted by atomic mass is 10.2. The standard InChI is InChI=1S/C9H12N2O2.2ClH/c10-11-5-7-6-12-8-3-1-2-4-9(8)13-7;;/h1-4,7,11H,5-6,10H2;2*1H. The second-order valence-electron chi connectivity index (χ2n) is 2.91. The number of fused-ring (bicyclic) bond motifs is 1. The summed E-state index contributed by atoms with van der Waals surface area (Å²) in [6.45, 7) is 1.13. The summed E-state index contributed by atoms with van der Waals surface area (Å²) in [5.74, 6) is 6.78. The molecule has 15 heavy (non-hydrogen) atoms. The van der Waals surface area contributed by atoms with Crippen molar-refractivity contribution in [1.29, 1.82) is 0 Å². The second kappa shape index (κ2) is 6.74. The highest BCUT2D eigenvalue weighted by Crippen LogP contribution is 2.30. The average molecular weight is 253 g/mol. The Morgan fingerprint density at radius 3 is 2.60 bits per heavy atom. The number of para-hydroxylation sites is 2. The molecule has 2 rings (SSSR count). The summed E-state index contributed by atoms with van der Waals surface area (Å²) in [6.07, 6.45) is -0.0000926. The number of hydrogen-bond donors (Lipinski definition) is 2. The molecular formula is C9H14Cl2N2O2. The van der Waals surface area contributed by atoms with Crippen LogP contribution in [0, 0.1) is 0 Å². The molecular weight excluding hydrogens is 239 g/mol. The topological polar surface area (TPSA) is 56.5 Å². The average Bonchev–Trinajstić information content (AvgIpc) is 2.18. The maximum atomic E-state index is 5.60. The maximum absolute atomic E-state index is 5.60. The highest BCUT2D eigenvalue weighted by atomic mass is 35.5. The van der Waals surface area contributed by atoms with Crippen LogP contribution in [-0.2, 0) is 0 Å². The van der Waals surface area contributed by atoms with E-state index in [0.29, 0.717) is 13.2 Å². The Bertz CT molecular complexity index is 299. The normalized spacial score (nSPS) is 17.3. The Balaban J connectivity index is 0.000000980. The van der Waals surface area contributed by atoms with Crippen LogP contribution < -0.4 is 20.7 Å². The summed E-state index contributed by atoms with van der Waals surface area (Å²) >= 11 is 0. The number of hydrogen-bond acceptors (Lipinski definition) is 4. The molecule has 6 heteroatoms. The van der Waals surface area contributed by atoms with Crippen molar-refractivity contribution < 1.29 is 9.47 Å². The van der Waals surface area contributed by atoms with Crippen molar-refractivity contribution in [2.24, 2.45) is 5.84 Å². The van der Waals surface area contributed by atoms with Crippen molar-refractivity contribution in [1.82, 2.24) is 5.43 Å². The van der Waals surface area contributed by atoms with Crippen LogP contribution in [0.1, 0.15) is 0 Å². The van der Waals surface area contributed by atoms with E-state index in [1.54, 1.807) is 0 Å². The number of halogens is 2. The number of nitrogens with two attached hydrogens (primary N) is 1. The molecule has 0 saturated heterocycles. The zero-order chi connectivity index (χ0) is 9.10. The number of rotatable bonds is 2. The smallest absolute Gasteiger partial charge is 0.161 e. The monoisotopic (exact) mass is 252 g/mol. The molecule has 1 heterocycles. The molecule has 0 aromatic heterocycles. The minimum absolute atomic E-state index is 0. The first kappa shape index (κ1) is 14.3. The highest BCUT2D eigenvalue weighted by molar-refractivity contribution is 5.85. The van der Waals surface area contributed by atoms with Crippen LogP contribution in [0.5, 0.6) is 11.5 Å². The first-order chi connectivity index (χ1) is 6.40. The van der Waals surface area contributed by atoms with Gasteiger partial charge in [0.25, 0.3) is 0 Å². The molecule has 1 unspecified atom stereocenters. The van der Waals surface area contributed by atoms with E-state index in [4.69, 9.17) is 15.3 Å². The number of ether oxygens (including phenoxy) is 2. The van der Waals surface area contributed by atoms with Crippen LogP contribution in [-0.4, -0.2) is 19.3 Å². The molecule has 3 N–H and O–H groups in total. The van der Waals surface area contributed by atoms with Gasteiger partial charge in [-0.2, -0.15) is 0 Å². The number of benzene rings is 1. The fourth-order valence-electron chi connectivity index (χ4n) is 1.30. The zero-order valence-electron chi connectivity index (χ0n) is 8.01. The van der Waals surface area contributed by atoms with E-state index >= 15 is 0 Å². The van der Waals surface area contributed by atoms with Crippen LogP contribution in [0.15, 0.2) is 24.3 Å². The van der Waals surface area contributed by atoms with Crippen molar-refractivity contribution >= 4 is 24.8 Å². The van der Waals surface area contributed by atoms with E-state index in [9.17, 15) is 0 Å². The predicted octanol–water partition coefficient (Wildman–Crippen LogP) is 1.13. The van der Waals surface area contributed by atoms with Crippen molar-refractivity contribution in [2.45, 2.75) is 6.10 Å². The SMILES string of the molecule is Cl.Cl.NNCC1COc2ccccc2O1. The van der Waals surface area contributed by atoms with Gasteiger partial charge in [0.05, 0.1) is 6.54 Å². The van der Waals surface area contributed by atoms with E-state index in [1.165, 1.54) is 0 Å². The Morgan fingerprint density at radius 2 is 1.93 bits per heavy atom. The molecule has 1 aromatic carbocycles. The highest BCUT2D eigenvalue weighted by Gasteiger charge is 2.19. The molecule has 1 aliphatic rings. The van der Waals surface area contributed by atoms with Gasteiger partial charge in [0.15, 0.2) is 11.5 Å². The van der Waals surface area contributed by atoms with E-state index in [-0.39, 0.29) is 30.9 Å². The molecule has 1 aromatic rings. The van der Waals surface area contributed by atoms with Gasteiger partial charge in [-0.3, -0.25) is 11.3 Å². The van der Waals surface area contributed by atoms with Gasteiger partial charge in [0, 0.05) is 0 Å². The molecule has 0 bridgehead atoms. The lowest BCUT2D eigenvalue weighted by molar-refractivity contribution is 0.0906. The first-order valence-corrected chi connectivity index (χ1v) is 4.22. The Kier molecular flexibility index (Phi) is 6.43. The number of nitrogens with one attached hydrogen (secondary N) is 1. The van der Waals surface area contributed by atoms with E-state index in [0.717, 1.165) is 11.5 Å². The lowest BCUT2D eigenvalue weighted by Gasteiger charge is -2.25. The summed E-state index contributed by atoms with van der Waals surface area (Å²) in [4.78, 5) is 0. The van der Waals surface area contributed by atoms with E-state index in [2.05, 4.69) is 5.43 Å². The molecule has 1 aliphatic heterocycles. The summed E-state index contributed by atoms with van der Waals surface area (Å²) in [6, 6.07) is 7.61. The minimum Gasteiger partial charge on any atom is -0.486 e. The van der Waals surface area contributed by atoms with Gasteiger partial charge in [-0.15, -0.1) is 24.8 Å². The van der Waals surface area contributed by atoms with E-state index in [1.807, 2.05) is 24.3 Å². The maximum Gasteiger partial charge on any atom is 0.161 e. The molecule has 4 nitrogen and oxygen atoms in total. The molecule has 1 atom stereocenters. The summed E-state index contributed by atoms with van der Waals surface area (Å²) < 4.78 is 11.1. The predicted molar refractivity (Wildman–Crippen MR) is 63.0 cm³/mol. The van der Waals surface area contributed by atoms with Crippen molar-refractivity contribution in [3.63, 3.8) is 0 Å². The van der Waals surface area contributed by atoms with Gasteiger partial charge in [-0.05, 0) is 12.1 Å². The third-order valence-corrected chi connectivity index (χ3v) is 1.91. The Morgan fingerprint density at radius 1 is 1.27 bits per heavy atom. The largest absolute Gasteiger partial charge is 0.486 e.